The monoisotopic (exact) mass is 325 g/mol. The number of benzene rings is 1. The van der Waals surface area contributed by atoms with Gasteiger partial charge < -0.3 is 11.1 Å². The summed E-state index contributed by atoms with van der Waals surface area (Å²) in [7, 11) is -3.56. The van der Waals surface area contributed by atoms with Crippen LogP contribution in [0.25, 0.3) is 0 Å². The number of amides is 1. The summed E-state index contributed by atoms with van der Waals surface area (Å²) in [4.78, 5) is 12.2. The molecule has 2 rings (SSSR count). The lowest BCUT2D eigenvalue weighted by Gasteiger charge is -2.28. The van der Waals surface area contributed by atoms with Gasteiger partial charge in [0.25, 0.3) is 0 Å². The van der Waals surface area contributed by atoms with Crippen LogP contribution in [0.1, 0.15) is 32.1 Å². The van der Waals surface area contributed by atoms with Gasteiger partial charge >= 0.3 is 0 Å². The van der Waals surface area contributed by atoms with E-state index in [1.54, 1.807) is 18.2 Å². The van der Waals surface area contributed by atoms with Crippen molar-refractivity contribution < 1.29 is 13.2 Å². The third-order valence-corrected chi connectivity index (χ3v) is 5.53. The Hall–Kier alpha value is -1.44. The molecule has 1 fully saturated rings. The van der Waals surface area contributed by atoms with Crippen molar-refractivity contribution in [1.29, 1.82) is 0 Å². The number of carbonyl (C=O) groups excluding carboxylic acids is 1. The van der Waals surface area contributed by atoms with Crippen LogP contribution in [-0.4, -0.2) is 33.0 Å². The summed E-state index contributed by atoms with van der Waals surface area (Å²) >= 11 is 0. The Balaban J connectivity index is 1.82. The van der Waals surface area contributed by atoms with Crippen molar-refractivity contribution in [2.75, 3.05) is 13.1 Å². The van der Waals surface area contributed by atoms with Gasteiger partial charge in [0.1, 0.15) is 0 Å². The average molecular weight is 325 g/mol. The maximum atomic E-state index is 12.0. The van der Waals surface area contributed by atoms with E-state index >= 15 is 0 Å². The molecule has 0 aliphatic heterocycles. The van der Waals surface area contributed by atoms with Gasteiger partial charge in [0.15, 0.2) is 0 Å². The van der Waals surface area contributed by atoms with E-state index in [1.807, 2.05) is 0 Å². The van der Waals surface area contributed by atoms with Gasteiger partial charge in [0, 0.05) is 19.5 Å². The second kappa shape index (κ2) is 7.21. The van der Waals surface area contributed by atoms with Crippen molar-refractivity contribution in [2.45, 2.75) is 42.5 Å². The highest BCUT2D eigenvalue weighted by Crippen LogP contribution is 2.28. The van der Waals surface area contributed by atoms with Gasteiger partial charge in [-0.2, -0.15) is 0 Å². The minimum atomic E-state index is -3.56. The molecule has 0 unspecified atom stereocenters. The Kier molecular flexibility index (Phi) is 5.55. The Morgan fingerprint density at radius 3 is 2.41 bits per heavy atom. The van der Waals surface area contributed by atoms with Crippen molar-refractivity contribution in [1.82, 2.24) is 10.0 Å². The van der Waals surface area contributed by atoms with Crippen molar-refractivity contribution in [2.24, 2.45) is 5.73 Å². The summed E-state index contributed by atoms with van der Waals surface area (Å²) in [6, 6.07) is 8.10. The van der Waals surface area contributed by atoms with Gasteiger partial charge in [0.2, 0.25) is 15.9 Å². The van der Waals surface area contributed by atoms with Crippen molar-refractivity contribution >= 4 is 15.9 Å². The highest BCUT2D eigenvalue weighted by Gasteiger charge is 2.33. The standard InChI is InChI=1S/C15H23N3O3S/c16-12-15(9-4-5-10-15)18-14(19)8-11-17-22(20,21)13-6-2-1-3-7-13/h1-3,6-7,17H,4-5,8-12,16H2,(H,18,19). The molecule has 1 aliphatic rings. The lowest BCUT2D eigenvalue weighted by Crippen LogP contribution is -2.52. The quantitative estimate of drug-likeness (QED) is 0.688. The molecule has 0 bridgehead atoms. The molecule has 0 heterocycles. The fourth-order valence-electron chi connectivity index (χ4n) is 2.77. The van der Waals surface area contributed by atoms with E-state index in [9.17, 15) is 13.2 Å². The molecule has 22 heavy (non-hydrogen) atoms. The summed E-state index contributed by atoms with van der Waals surface area (Å²) in [6.45, 7) is 0.498. The maximum Gasteiger partial charge on any atom is 0.240 e. The smallest absolute Gasteiger partial charge is 0.240 e. The molecule has 0 atom stereocenters. The third kappa shape index (κ3) is 4.28. The molecule has 1 aromatic carbocycles. The zero-order chi connectivity index (χ0) is 16.1. The van der Waals surface area contributed by atoms with E-state index in [2.05, 4.69) is 10.0 Å². The van der Waals surface area contributed by atoms with Crippen LogP contribution in [0, 0.1) is 0 Å². The van der Waals surface area contributed by atoms with Gasteiger partial charge in [-0.3, -0.25) is 4.79 Å². The van der Waals surface area contributed by atoms with Gasteiger partial charge in [-0.1, -0.05) is 31.0 Å². The number of nitrogens with two attached hydrogens (primary N) is 1. The van der Waals surface area contributed by atoms with Crippen molar-refractivity contribution in [3.63, 3.8) is 0 Å². The predicted molar refractivity (Wildman–Crippen MR) is 84.6 cm³/mol. The van der Waals surface area contributed by atoms with E-state index in [0.29, 0.717) is 6.54 Å². The first-order valence-electron chi connectivity index (χ1n) is 7.53. The third-order valence-electron chi connectivity index (χ3n) is 4.05. The number of sulfonamides is 1. The van der Waals surface area contributed by atoms with Crippen LogP contribution < -0.4 is 15.8 Å². The van der Waals surface area contributed by atoms with Crippen LogP contribution in [-0.2, 0) is 14.8 Å². The summed E-state index contributed by atoms with van der Waals surface area (Å²) in [5, 5.41) is 2.97. The van der Waals surface area contributed by atoms with Gasteiger partial charge in [-0.05, 0) is 25.0 Å². The molecule has 0 radical (unpaired) electrons. The van der Waals surface area contributed by atoms with Crippen molar-refractivity contribution in [3.05, 3.63) is 30.3 Å². The molecule has 122 valence electrons. The average Bonchev–Trinajstić information content (AvgIpc) is 2.97. The van der Waals surface area contributed by atoms with E-state index in [0.717, 1.165) is 25.7 Å². The molecule has 6 nitrogen and oxygen atoms in total. The molecule has 1 aromatic rings. The molecule has 7 heteroatoms. The first-order valence-corrected chi connectivity index (χ1v) is 9.02. The number of hydrogen-bond donors (Lipinski definition) is 3. The van der Waals surface area contributed by atoms with E-state index in [4.69, 9.17) is 5.73 Å². The van der Waals surface area contributed by atoms with Crippen LogP contribution in [0.3, 0.4) is 0 Å². The summed E-state index contributed by atoms with van der Waals surface area (Å²) in [5.74, 6) is -0.164. The summed E-state index contributed by atoms with van der Waals surface area (Å²) in [6.07, 6.45) is 4.03. The van der Waals surface area contributed by atoms with Gasteiger partial charge in [-0.25, -0.2) is 13.1 Å². The number of hydrogen-bond acceptors (Lipinski definition) is 4. The van der Waals surface area contributed by atoms with Crippen LogP contribution >= 0.6 is 0 Å². The van der Waals surface area contributed by atoms with Gasteiger partial charge in [-0.15, -0.1) is 0 Å². The highest BCUT2D eigenvalue weighted by molar-refractivity contribution is 7.89. The van der Waals surface area contributed by atoms with E-state index in [1.165, 1.54) is 12.1 Å². The second-order valence-corrected chi connectivity index (χ2v) is 7.47. The zero-order valence-corrected chi connectivity index (χ0v) is 13.4. The maximum absolute atomic E-state index is 12.0. The fraction of sp³-hybridized carbons (Fsp3) is 0.533. The summed E-state index contributed by atoms with van der Waals surface area (Å²) < 4.78 is 26.5. The number of carbonyl (C=O) groups is 1. The first-order chi connectivity index (χ1) is 10.5. The SMILES string of the molecule is NCC1(NC(=O)CCNS(=O)(=O)c2ccccc2)CCCC1. The first kappa shape index (κ1) is 16.9. The molecule has 0 aromatic heterocycles. The lowest BCUT2D eigenvalue weighted by molar-refractivity contribution is -0.122. The Morgan fingerprint density at radius 1 is 1.18 bits per heavy atom. The molecular weight excluding hydrogens is 302 g/mol. The van der Waals surface area contributed by atoms with Gasteiger partial charge in [0.05, 0.1) is 10.4 Å². The highest BCUT2D eigenvalue weighted by atomic mass is 32.2. The van der Waals surface area contributed by atoms with Crippen molar-refractivity contribution in [3.8, 4) is 0 Å². The Labute approximate surface area is 131 Å². The van der Waals surface area contributed by atoms with E-state index < -0.39 is 10.0 Å². The molecular formula is C15H23N3O3S. The zero-order valence-electron chi connectivity index (χ0n) is 12.5. The van der Waals surface area contributed by atoms with Crippen LogP contribution in [0.15, 0.2) is 35.2 Å². The number of rotatable bonds is 7. The molecule has 4 N–H and O–H groups in total. The lowest BCUT2D eigenvalue weighted by atomic mass is 9.97. The van der Waals surface area contributed by atoms with Crippen LogP contribution in [0.4, 0.5) is 0 Å². The summed E-state index contributed by atoms with van der Waals surface area (Å²) in [5.41, 5.74) is 5.47. The van der Waals surface area contributed by atoms with E-state index in [-0.39, 0.29) is 29.3 Å². The Morgan fingerprint density at radius 2 is 1.82 bits per heavy atom. The predicted octanol–water partition coefficient (Wildman–Crippen LogP) is 0.743. The topological polar surface area (TPSA) is 101 Å². The molecule has 1 aliphatic carbocycles. The largest absolute Gasteiger partial charge is 0.349 e. The molecule has 1 saturated carbocycles. The minimum absolute atomic E-state index is 0.0731. The number of nitrogens with one attached hydrogen (secondary N) is 2. The normalized spacial score (nSPS) is 17.3. The van der Waals surface area contributed by atoms with Crippen LogP contribution in [0.2, 0.25) is 0 Å². The minimum Gasteiger partial charge on any atom is -0.349 e. The second-order valence-electron chi connectivity index (χ2n) is 5.70. The fourth-order valence-corrected chi connectivity index (χ4v) is 3.82. The molecule has 1 amide bonds. The van der Waals surface area contributed by atoms with Crippen LogP contribution in [0.5, 0.6) is 0 Å². The molecule has 0 spiro atoms. The Bertz CT molecular complexity index is 596. The molecule has 0 saturated heterocycles.